The molecule has 0 radical (unpaired) electrons. The fourth-order valence-electron chi connectivity index (χ4n) is 4.31. The first-order valence-electron chi connectivity index (χ1n) is 8.76. The summed E-state index contributed by atoms with van der Waals surface area (Å²) < 4.78 is 0. The SMILES string of the molecule is Nc1nc(N2CCC[C@@H]2[C@H]2CCCc3ccccc32)ncc1[N+](=O)[O-]. The maximum atomic E-state index is 10.9. The largest absolute Gasteiger partial charge is 0.378 e. The first kappa shape index (κ1) is 15.8. The minimum atomic E-state index is -0.544. The van der Waals surface area contributed by atoms with Crippen LogP contribution >= 0.6 is 0 Å². The lowest BCUT2D eigenvalue weighted by molar-refractivity contribution is -0.384. The zero-order valence-corrected chi connectivity index (χ0v) is 14.0. The standard InChI is InChI=1S/C18H21N5O2/c19-17-16(23(24)25)11-20-18(21-17)22-10-4-9-15(22)14-8-3-6-12-5-1-2-7-13(12)14/h1-2,5,7,11,14-15H,3-4,6,8-10H2,(H2,19,20,21)/t14-,15+/m0/s1. The number of fused-ring (bicyclic) bond motifs is 1. The molecule has 130 valence electrons. The molecule has 2 atom stereocenters. The Morgan fingerprint density at radius 1 is 1.24 bits per heavy atom. The third-order valence-electron chi connectivity index (χ3n) is 5.42. The van der Waals surface area contributed by atoms with Gasteiger partial charge in [0.05, 0.1) is 4.92 Å². The molecule has 0 unspecified atom stereocenters. The molecule has 0 amide bonds. The van der Waals surface area contributed by atoms with E-state index in [1.165, 1.54) is 23.7 Å². The van der Waals surface area contributed by atoms with E-state index in [2.05, 4.69) is 39.1 Å². The first-order chi connectivity index (χ1) is 12.1. The van der Waals surface area contributed by atoms with Crippen LogP contribution in [-0.2, 0) is 6.42 Å². The van der Waals surface area contributed by atoms with Crippen LogP contribution in [-0.4, -0.2) is 27.5 Å². The molecule has 0 saturated carbocycles. The van der Waals surface area contributed by atoms with Gasteiger partial charge in [0.2, 0.25) is 11.8 Å². The minimum Gasteiger partial charge on any atom is -0.378 e. The van der Waals surface area contributed by atoms with Crippen molar-refractivity contribution in [3.8, 4) is 0 Å². The Morgan fingerprint density at radius 2 is 2.08 bits per heavy atom. The predicted octanol–water partition coefficient (Wildman–Crippen LogP) is 3.06. The maximum absolute atomic E-state index is 10.9. The number of nitrogen functional groups attached to an aromatic ring is 1. The smallest absolute Gasteiger partial charge is 0.329 e. The van der Waals surface area contributed by atoms with E-state index in [1.54, 1.807) is 0 Å². The zero-order valence-electron chi connectivity index (χ0n) is 14.0. The molecular weight excluding hydrogens is 318 g/mol. The average molecular weight is 339 g/mol. The Kier molecular flexibility index (Phi) is 3.99. The third kappa shape index (κ3) is 2.79. The van der Waals surface area contributed by atoms with Crippen LogP contribution < -0.4 is 10.6 Å². The van der Waals surface area contributed by atoms with E-state index in [4.69, 9.17) is 5.73 Å². The van der Waals surface area contributed by atoms with Crippen LogP contribution in [0.2, 0.25) is 0 Å². The topological polar surface area (TPSA) is 98.2 Å². The van der Waals surface area contributed by atoms with Gasteiger partial charge in [0, 0.05) is 18.5 Å². The summed E-state index contributed by atoms with van der Waals surface area (Å²) in [6, 6.07) is 8.99. The zero-order chi connectivity index (χ0) is 17.4. The maximum Gasteiger partial charge on any atom is 0.329 e. The second-order valence-electron chi connectivity index (χ2n) is 6.80. The van der Waals surface area contributed by atoms with Gasteiger partial charge < -0.3 is 10.6 Å². The number of nitrogens with two attached hydrogens (primary N) is 1. The molecule has 7 nitrogen and oxygen atoms in total. The van der Waals surface area contributed by atoms with Crippen molar-refractivity contribution >= 4 is 17.5 Å². The minimum absolute atomic E-state index is 0.0651. The highest BCUT2D eigenvalue weighted by Crippen LogP contribution is 2.40. The van der Waals surface area contributed by atoms with Gasteiger partial charge in [-0.2, -0.15) is 4.98 Å². The molecule has 1 aromatic carbocycles. The van der Waals surface area contributed by atoms with Crippen LogP contribution in [0.25, 0.3) is 0 Å². The number of hydrogen-bond donors (Lipinski definition) is 1. The Labute approximate surface area is 146 Å². The summed E-state index contributed by atoms with van der Waals surface area (Å²) >= 11 is 0. The Bertz CT molecular complexity index is 810. The molecule has 1 aromatic heterocycles. The molecule has 2 N–H and O–H groups in total. The first-order valence-corrected chi connectivity index (χ1v) is 8.76. The monoisotopic (exact) mass is 339 g/mol. The van der Waals surface area contributed by atoms with Crippen molar-refractivity contribution in [3.05, 3.63) is 51.7 Å². The van der Waals surface area contributed by atoms with Crippen LogP contribution in [0, 0.1) is 10.1 Å². The summed E-state index contributed by atoms with van der Waals surface area (Å²) in [5.41, 5.74) is 8.41. The van der Waals surface area contributed by atoms with Gasteiger partial charge >= 0.3 is 5.69 Å². The number of aryl methyl sites for hydroxylation is 1. The second kappa shape index (κ2) is 6.31. The average Bonchev–Trinajstić information content (AvgIpc) is 3.10. The van der Waals surface area contributed by atoms with E-state index in [1.807, 2.05) is 0 Å². The lowest BCUT2D eigenvalue weighted by Gasteiger charge is -2.35. The molecule has 2 heterocycles. The van der Waals surface area contributed by atoms with Crippen molar-refractivity contribution in [1.29, 1.82) is 0 Å². The van der Waals surface area contributed by atoms with Crippen molar-refractivity contribution in [3.63, 3.8) is 0 Å². The summed E-state index contributed by atoms with van der Waals surface area (Å²) in [5, 5.41) is 10.9. The number of rotatable bonds is 3. The Hall–Kier alpha value is -2.70. The van der Waals surface area contributed by atoms with Gasteiger partial charge in [-0.1, -0.05) is 24.3 Å². The second-order valence-corrected chi connectivity index (χ2v) is 6.80. The van der Waals surface area contributed by atoms with E-state index >= 15 is 0 Å². The molecular formula is C18H21N5O2. The van der Waals surface area contributed by atoms with Crippen molar-refractivity contribution in [2.24, 2.45) is 0 Å². The predicted molar refractivity (Wildman–Crippen MR) is 95.6 cm³/mol. The summed E-state index contributed by atoms with van der Waals surface area (Å²) in [5.74, 6) is 0.894. The van der Waals surface area contributed by atoms with E-state index in [0.29, 0.717) is 17.9 Å². The van der Waals surface area contributed by atoms with E-state index < -0.39 is 4.92 Å². The molecule has 2 aromatic rings. The lowest BCUT2D eigenvalue weighted by atomic mass is 9.78. The summed E-state index contributed by atoms with van der Waals surface area (Å²) in [7, 11) is 0. The van der Waals surface area contributed by atoms with Crippen LogP contribution in [0.5, 0.6) is 0 Å². The molecule has 7 heteroatoms. The number of aromatic nitrogens is 2. The number of nitro groups is 1. The summed E-state index contributed by atoms with van der Waals surface area (Å²) in [4.78, 5) is 21.0. The van der Waals surface area contributed by atoms with Crippen molar-refractivity contribution in [2.75, 3.05) is 17.2 Å². The fraction of sp³-hybridized carbons (Fsp3) is 0.444. The quantitative estimate of drug-likeness (QED) is 0.681. The Morgan fingerprint density at radius 3 is 2.88 bits per heavy atom. The summed E-state index contributed by atoms with van der Waals surface area (Å²) in [6.45, 7) is 0.862. The van der Waals surface area contributed by atoms with Gasteiger partial charge in [-0.15, -0.1) is 0 Å². The van der Waals surface area contributed by atoms with Gasteiger partial charge in [-0.25, -0.2) is 4.98 Å². The molecule has 2 aliphatic rings. The highest BCUT2D eigenvalue weighted by molar-refractivity contribution is 5.54. The number of anilines is 2. The van der Waals surface area contributed by atoms with Gasteiger partial charge in [-0.3, -0.25) is 10.1 Å². The van der Waals surface area contributed by atoms with Crippen molar-refractivity contribution in [1.82, 2.24) is 9.97 Å². The van der Waals surface area contributed by atoms with Crippen molar-refractivity contribution in [2.45, 2.75) is 44.1 Å². The molecule has 0 spiro atoms. The third-order valence-corrected chi connectivity index (χ3v) is 5.42. The van der Waals surface area contributed by atoms with E-state index in [9.17, 15) is 10.1 Å². The fourth-order valence-corrected chi connectivity index (χ4v) is 4.31. The van der Waals surface area contributed by atoms with Crippen LogP contribution in [0.4, 0.5) is 17.5 Å². The van der Waals surface area contributed by atoms with Gasteiger partial charge in [0.25, 0.3) is 0 Å². The molecule has 25 heavy (non-hydrogen) atoms. The van der Waals surface area contributed by atoms with E-state index in [0.717, 1.165) is 32.2 Å². The van der Waals surface area contributed by atoms with Gasteiger partial charge in [-0.05, 0) is 43.2 Å². The molecule has 4 rings (SSSR count). The molecule has 1 aliphatic carbocycles. The molecule has 0 bridgehead atoms. The van der Waals surface area contributed by atoms with E-state index in [-0.39, 0.29) is 11.5 Å². The number of nitrogens with zero attached hydrogens (tertiary/aromatic N) is 4. The molecule has 1 saturated heterocycles. The summed E-state index contributed by atoms with van der Waals surface area (Å²) in [6.07, 6.45) is 6.86. The molecule has 1 fully saturated rings. The van der Waals surface area contributed by atoms with Crippen LogP contribution in [0.3, 0.4) is 0 Å². The Balaban J connectivity index is 1.66. The van der Waals surface area contributed by atoms with Crippen LogP contribution in [0.1, 0.15) is 42.7 Å². The number of benzene rings is 1. The molecule has 1 aliphatic heterocycles. The number of hydrogen-bond acceptors (Lipinski definition) is 6. The highest BCUT2D eigenvalue weighted by Gasteiger charge is 2.36. The lowest BCUT2D eigenvalue weighted by Crippen LogP contribution is -2.37. The van der Waals surface area contributed by atoms with Gasteiger partial charge in [0.1, 0.15) is 6.20 Å². The van der Waals surface area contributed by atoms with Crippen LogP contribution in [0.15, 0.2) is 30.5 Å². The normalized spacial score (nSPS) is 22.6. The van der Waals surface area contributed by atoms with Crippen molar-refractivity contribution < 1.29 is 4.92 Å². The van der Waals surface area contributed by atoms with Gasteiger partial charge in [0.15, 0.2) is 0 Å². The highest BCUT2D eigenvalue weighted by atomic mass is 16.6.